The van der Waals surface area contributed by atoms with Gasteiger partial charge >= 0.3 is 12.2 Å². The highest BCUT2D eigenvalue weighted by Gasteiger charge is 2.22. The summed E-state index contributed by atoms with van der Waals surface area (Å²) in [6, 6.07) is 7.28. The number of nitrogens with one attached hydrogen (secondary N) is 1. The molecule has 0 saturated carbocycles. The van der Waals surface area contributed by atoms with Gasteiger partial charge in [-0.25, -0.2) is 9.59 Å². The van der Waals surface area contributed by atoms with Gasteiger partial charge in [-0.05, 0) is 65.8 Å². The minimum atomic E-state index is -0.847. The third kappa shape index (κ3) is 11.1. The van der Waals surface area contributed by atoms with Gasteiger partial charge in [0.05, 0.1) is 13.7 Å². The molecule has 0 heterocycles. The largest absolute Gasteiger partial charge is 0.497 e. The van der Waals surface area contributed by atoms with E-state index >= 15 is 0 Å². The van der Waals surface area contributed by atoms with Gasteiger partial charge in [-0.15, -0.1) is 11.6 Å². The van der Waals surface area contributed by atoms with Crippen LogP contribution in [-0.4, -0.2) is 54.4 Å². The maximum absolute atomic E-state index is 12.3. The van der Waals surface area contributed by atoms with Gasteiger partial charge in [0, 0.05) is 12.1 Å². The molecule has 1 rings (SSSR count). The van der Waals surface area contributed by atoms with Crippen LogP contribution in [0.15, 0.2) is 41.9 Å². The molecule has 1 aromatic rings. The van der Waals surface area contributed by atoms with Crippen LogP contribution in [0.3, 0.4) is 0 Å². The predicted molar refractivity (Wildman–Crippen MR) is 125 cm³/mol. The summed E-state index contributed by atoms with van der Waals surface area (Å²) in [4.78, 5) is 30.1. The second kappa shape index (κ2) is 11.8. The standard InChI is InChI=1S/C24H33N3O5/c1-9-16-27(17-10-11-18-12-14-19(30-8)15-13-18)20(25-21(28)31-23(2,3)4)26-22(29)32-24(5,6)7/h9,12-15H,1,16-17H2,2-8H3,(H,25,26,28,29). The smallest absolute Gasteiger partial charge is 0.437 e. The van der Waals surface area contributed by atoms with Gasteiger partial charge in [-0.1, -0.05) is 17.9 Å². The first-order valence-corrected chi connectivity index (χ1v) is 10.1. The Morgan fingerprint density at radius 1 is 1.09 bits per heavy atom. The number of alkyl carbamates (subject to hydrolysis) is 1. The van der Waals surface area contributed by atoms with Crippen LogP contribution < -0.4 is 10.1 Å². The average molecular weight is 444 g/mol. The monoisotopic (exact) mass is 443 g/mol. The molecule has 0 radical (unpaired) electrons. The van der Waals surface area contributed by atoms with E-state index in [1.807, 2.05) is 24.3 Å². The summed E-state index contributed by atoms with van der Waals surface area (Å²) in [5.74, 6) is 6.73. The number of carbonyl (C=O) groups is 2. The normalized spacial score (nSPS) is 11.5. The minimum absolute atomic E-state index is 0.0440. The van der Waals surface area contributed by atoms with Crippen molar-refractivity contribution in [2.75, 3.05) is 20.2 Å². The second-order valence-electron chi connectivity index (χ2n) is 8.74. The van der Waals surface area contributed by atoms with Gasteiger partial charge in [0.1, 0.15) is 17.0 Å². The van der Waals surface area contributed by atoms with Crippen LogP contribution in [0.2, 0.25) is 0 Å². The average Bonchev–Trinajstić information content (AvgIpc) is 2.64. The molecule has 0 bridgehead atoms. The van der Waals surface area contributed by atoms with E-state index in [2.05, 4.69) is 28.7 Å². The number of amides is 2. The second-order valence-corrected chi connectivity index (χ2v) is 8.74. The van der Waals surface area contributed by atoms with Crippen molar-refractivity contribution in [2.45, 2.75) is 52.7 Å². The van der Waals surface area contributed by atoms with Crippen LogP contribution in [0.1, 0.15) is 47.1 Å². The number of guanidine groups is 1. The van der Waals surface area contributed by atoms with Crippen molar-refractivity contribution < 1.29 is 23.8 Å². The SMILES string of the molecule is C=CCN(CC#Cc1ccc(OC)cc1)/C(=N\C(=O)OC(C)(C)C)NC(=O)OC(C)(C)C. The molecule has 0 aliphatic rings. The zero-order chi connectivity index (χ0) is 24.4. The summed E-state index contributed by atoms with van der Waals surface area (Å²) in [7, 11) is 1.59. The lowest BCUT2D eigenvalue weighted by molar-refractivity contribution is 0.0555. The fourth-order valence-corrected chi connectivity index (χ4v) is 2.24. The molecule has 1 N–H and O–H groups in total. The molecule has 1 aromatic carbocycles. The van der Waals surface area contributed by atoms with Crippen LogP contribution in [0.4, 0.5) is 9.59 Å². The molecule has 0 unspecified atom stereocenters. The molecule has 32 heavy (non-hydrogen) atoms. The van der Waals surface area contributed by atoms with E-state index in [0.717, 1.165) is 11.3 Å². The van der Waals surface area contributed by atoms with Gasteiger partial charge < -0.3 is 19.1 Å². The molecule has 0 aromatic heterocycles. The summed E-state index contributed by atoms with van der Waals surface area (Å²) < 4.78 is 15.7. The fraction of sp³-hybridized carbons (Fsp3) is 0.458. The van der Waals surface area contributed by atoms with Crippen molar-refractivity contribution in [1.82, 2.24) is 10.2 Å². The third-order valence-electron chi connectivity index (χ3n) is 3.45. The van der Waals surface area contributed by atoms with Crippen LogP contribution in [-0.2, 0) is 9.47 Å². The summed E-state index contributed by atoms with van der Waals surface area (Å²) in [6.07, 6.45) is 0.00825. The maximum atomic E-state index is 12.3. The van der Waals surface area contributed by atoms with Gasteiger partial charge in [0.2, 0.25) is 5.96 Å². The highest BCUT2D eigenvalue weighted by Crippen LogP contribution is 2.11. The molecule has 0 saturated heterocycles. The number of ether oxygens (including phenoxy) is 3. The zero-order valence-corrected chi connectivity index (χ0v) is 19.9. The van der Waals surface area contributed by atoms with Crippen LogP contribution in [0.25, 0.3) is 0 Å². The number of nitrogens with zero attached hydrogens (tertiary/aromatic N) is 2. The third-order valence-corrected chi connectivity index (χ3v) is 3.45. The zero-order valence-electron chi connectivity index (χ0n) is 19.9. The van der Waals surface area contributed by atoms with Crippen molar-refractivity contribution in [3.8, 4) is 17.6 Å². The minimum Gasteiger partial charge on any atom is -0.497 e. The first kappa shape index (κ1) is 26.6. The number of benzene rings is 1. The van der Waals surface area contributed by atoms with E-state index in [0.29, 0.717) is 0 Å². The van der Waals surface area contributed by atoms with Crippen LogP contribution in [0.5, 0.6) is 5.75 Å². The Hall–Kier alpha value is -3.47. The fourth-order valence-electron chi connectivity index (χ4n) is 2.24. The Kier molecular flexibility index (Phi) is 9.79. The molecule has 0 aliphatic carbocycles. The number of methoxy groups -OCH3 is 1. The Bertz CT molecular complexity index is 881. The molecular formula is C24H33N3O5. The van der Waals surface area contributed by atoms with Crippen LogP contribution in [0, 0.1) is 11.8 Å². The lowest BCUT2D eigenvalue weighted by Gasteiger charge is -2.25. The molecule has 8 heteroatoms. The summed E-state index contributed by atoms with van der Waals surface area (Å²) in [6.45, 7) is 14.5. The molecular weight excluding hydrogens is 410 g/mol. The number of aliphatic imine (C=N–C) groups is 1. The first-order valence-electron chi connectivity index (χ1n) is 10.1. The van der Waals surface area contributed by atoms with E-state index in [1.165, 1.54) is 0 Å². The molecule has 0 atom stereocenters. The van der Waals surface area contributed by atoms with Crippen molar-refractivity contribution in [3.05, 3.63) is 42.5 Å². The number of hydrogen-bond acceptors (Lipinski definition) is 5. The van der Waals surface area contributed by atoms with E-state index in [1.54, 1.807) is 59.6 Å². The Balaban J connectivity index is 3.13. The van der Waals surface area contributed by atoms with Crippen LogP contribution >= 0.6 is 0 Å². The Labute approximate surface area is 190 Å². The lowest BCUT2D eigenvalue weighted by atomic mass is 10.2. The van der Waals surface area contributed by atoms with Crippen molar-refractivity contribution >= 4 is 18.1 Å². The Morgan fingerprint density at radius 2 is 1.69 bits per heavy atom. The van der Waals surface area contributed by atoms with Crippen molar-refractivity contribution in [2.24, 2.45) is 4.99 Å². The lowest BCUT2D eigenvalue weighted by Crippen LogP contribution is -2.47. The van der Waals surface area contributed by atoms with E-state index in [9.17, 15) is 9.59 Å². The summed E-state index contributed by atoms with van der Waals surface area (Å²) in [5.41, 5.74) is -0.678. The van der Waals surface area contributed by atoms with E-state index in [-0.39, 0.29) is 19.0 Å². The van der Waals surface area contributed by atoms with Gasteiger partial charge in [-0.2, -0.15) is 0 Å². The first-order chi connectivity index (χ1) is 14.8. The number of rotatable bonds is 4. The van der Waals surface area contributed by atoms with Crippen molar-refractivity contribution in [3.63, 3.8) is 0 Å². The highest BCUT2D eigenvalue weighted by molar-refractivity contribution is 5.99. The predicted octanol–water partition coefficient (Wildman–Crippen LogP) is 4.35. The molecule has 0 aliphatic heterocycles. The molecule has 0 spiro atoms. The van der Waals surface area contributed by atoms with E-state index < -0.39 is 23.4 Å². The van der Waals surface area contributed by atoms with Gasteiger partial charge in [0.25, 0.3) is 0 Å². The Morgan fingerprint density at radius 3 is 2.19 bits per heavy atom. The topological polar surface area (TPSA) is 89.5 Å². The quantitative estimate of drug-likeness (QED) is 0.322. The molecule has 174 valence electrons. The molecule has 8 nitrogen and oxygen atoms in total. The highest BCUT2D eigenvalue weighted by atomic mass is 16.6. The maximum Gasteiger partial charge on any atom is 0.437 e. The van der Waals surface area contributed by atoms with Gasteiger partial charge in [0.15, 0.2) is 0 Å². The number of carbonyl (C=O) groups excluding carboxylic acids is 2. The summed E-state index contributed by atoms with van der Waals surface area (Å²) in [5, 5.41) is 2.52. The van der Waals surface area contributed by atoms with E-state index in [4.69, 9.17) is 14.2 Å². The van der Waals surface area contributed by atoms with Crippen molar-refractivity contribution in [1.29, 1.82) is 0 Å². The number of hydrogen-bond donors (Lipinski definition) is 1. The molecule has 0 fully saturated rings. The molecule has 2 amide bonds. The summed E-state index contributed by atoms with van der Waals surface area (Å²) >= 11 is 0. The van der Waals surface area contributed by atoms with Gasteiger partial charge in [-0.3, -0.25) is 5.32 Å².